The van der Waals surface area contributed by atoms with E-state index < -0.39 is 0 Å². The Morgan fingerprint density at radius 2 is 1.69 bits per heavy atom. The fourth-order valence-electron chi connectivity index (χ4n) is 3.72. The van der Waals surface area contributed by atoms with Crippen molar-refractivity contribution >= 4 is 0 Å². The first-order valence-electron chi connectivity index (χ1n) is 9.81. The van der Waals surface area contributed by atoms with Gasteiger partial charge in [0.15, 0.2) is 0 Å². The van der Waals surface area contributed by atoms with Crippen LogP contribution in [0.2, 0.25) is 0 Å². The highest BCUT2D eigenvalue weighted by molar-refractivity contribution is 5.54. The molecule has 1 aromatic carbocycles. The second-order valence-corrected chi connectivity index (χ2v) is 7.25. The smallest absolute Gasteiger partial charge is 0.241 e. The Bertz CT molecular complexity index is 673. The molecule has 0 spiro atoms. The van der Waals surface area contributed by atoms with Crippen molar-refractivity contribution in [3.05, 3.63) is 35.7 Å². The lowest BCUT2D eigenvalue weighted by atomic mass is 10.1. The van der Waals surface area contributed by atoms with Gasteiger partial charge in [-0.05, 0) is 50.9 Å². The van der Waals surface area contributed by atoms with Gasteiger partial charge < -0.3 is 9.26 Å². The number of ether oxygens (including phenoxy) is 1. The number of aryl methyl sites for hydroxylation is 1. The van der Waals surface area contributed by atoms with Gasteiger partial charge in [0.25, 0.3) is 0 Å². The Balaban J connectivity index is 1.27. The maximum absolute atomic E-state index is 5.42. The quantitative estimate of drug-likeness (QED) is 0.760. The van der Waals surface area contributed by atoms with Crippen LogP contribution in [0.4, 0.5) is 0 Å². The van der Waals surface area contributed by atoms with Gasteiger partial charge in [-0.25, -0.2) is 0 Å². The fraction of sp³-hybridized carbons (Fsp3) is 0.600. The van der Waals surface area contributed by atoms with Crippen LogP contribution in [0.25, 0.3) is 11.4 Å². The van der Waals surface area contributed by atoms with Crippen molar-refractivity contribution in [2.24, 2.45) is 0 Å². The molecule has 4 rings (SSSR count). The summed E-state index contributed by atoms with van der Waals surface area (Å²) >= 11 is 0. The summed E-state index contributed by atoms with van der Waals surface area (Å²) in [6.07, 6.45) is 4.83. The molecule has 2 aliphatic heterocycles. The number of rotatable bonds is 7. The molecule has 26 heavy (non-hydrogen) atoms. The minimum absolute atomic E-state index is 0.694. The fourth-order valence-corrected chi connectivity index (χ4v) is 3.72. The summed E-state index contributed by atoms with van der Waals surface area (Å²) in [7, 11) is 0. The van der Waals surface area contributed by atoms with Crippen LogP contribution in [0.1, 0.15) is 30.7 Å². The van der Waals surface area contributed by atoms with Crippen LogP contribution in [0.3, 0.4) is 0 Å². The van der Waals surface area contributed by atoms with Crippen molar-refractivity contribution in [2.75, 3.05) is 45.9 Å². The molecule has 2 aliphatic rings. The molecule has 3 heterocycles. The maximum atomic E-state index is 5.42. The first-order valence-corrected chi connectivity index (χ1v) is 9.81. The molecule has 6 heteroatoms. The summed E-state index contributed by atoms with van der Waals surface area (Å²) in [6, 6.07) is 8.58. The Kier molecular flexibility index (Phi) is 5.94. The second-order valence-electron chi connectivity index (χ2n) is 7.25. The Labute approximate surface area is 155 Å². The van der Waals surface area contributed by atoms with Crippen molar-refractivity contribution in [3.63, 3.8) is 0 Å². The number of benzene rings is 1. The van der Waals surface area contributed by atoms with Gasteiger partial charge in [-0.1, -0.05) is 29.4 Å². The van der Waals surface area contributed by atoms with Crippen molar-refractivity contribution in [3.8, 4) is 11.4 Å². The molecule has 0 saturated carbocycles. The van der Waals surface area contributed by atoms with Crippen LogP contribution in [-0.4, -0.2) is 65.9 Å². The largest absolute Gasteiger partial charge is 0.379 e. The lowest BCUT2D eigenvalue weighted by Crippen LogP contribution is -2.36. The zero-order valence-electron chi connectivity index (χ0n) is 15.4. The summed E-state index contributed by atoms with van der Waals surface area (Å²) in [5, 5.41) is 4.15. The van der Waals surface area contributed by atoms with E-state index in [1.54, 1.807) is 0 Å². The molecule has 2 fully saturated rings. The van der Waals surface area contributed by atoms with Crippen molar-refractivity contribution in [1.82, 2.24) is 19.9 Å². The number of nitrogens with zero attached hydrogens (tertiary/aromatic N) is 4. The van der Waals surface area contributed by atoms with E-state index in [4.69, 9.17) is 9.26 Å². The number of morpholine rings is 1. The van der Waals surface area contributed by atoms with Crippen LogP contribution in [0.15, 0.2) is 28.8 Å². The molecule has 0 bridgehead atoms. The third-order valence-corrected chi connectivity index (χ3v) is 5.28. The predicted molar refractivity (Wildman–Crippen MR) is 99.8 cm³/mol. The van der Waals surface area contributed by atoms with Gasteiger partial charge in [-0.3, -0.25) is 9.80 Å². The van der Waals surface area contributed by atoms with Crippen LogP contribution >= 0.6 is 0 Å². The summed E-state index contributed by atoms with van der Waals surface area (Å²) in [5.41, 5.74) is 2.39. The topological polar surface area (TPSA) is 54.6 Å². The minimum Gasteiger partial charge on any atom is -0.379 e. The molecule has 0 atom stereocenters. The molecule has 0 N–H and O–H groups in total. The zero-order chi connectivity index (χ0) is 17.6. The summed E-state index contributed by atoms with van der Waals surface area (Å²) in [5.74, 6) is 1.41. The molecule has 140 valence electrons. The predicted octanol–water partition coefficient (Wildman–Crippen LogP) is 2.60. The SMILES string of the molecule is c1cc(-c2noc(CN3CCCC3)n2)ccc1CCCN1CCOCC1. The molecule has 2 saturated heterocycles. The van der Waals surface area contributed by atoms with E-state index in [9.17, 15) is 0 Å². The van der Waals surface area contributed by atoms with E-state index in [0.29, 0.717) is 5.82 Å². The van der Waals surface area contributed by atoms with Gasteiger partial charge in [-0.2, -0.15) is 4.98 Å². The third kappa shape index (κ3) is 4.69. The van der Waals surface area contributed by atoms with E-state index in [0.717, 1.165) is 70.4 Å². The number of hydrogen-bond acceptors (Lipinski definition) is 6. The van der Waals surface area contributed by atoms with Crippen LogP contribution in [0, 0.1) is 0 Å². The average molecular weight is 356 g/mol. The average Bonchev–Trinajstić information content (AvgIpc) is 3.36. The molecule has 2 aromatic rings. The Hall–Kier alpha value is -1.76. The van der Waals surface area contributed by atoms with Crippen LogP contribution < -0.4 is 0 Å². The van der Waals surface area contributed by atoms with Crippen molar-refractivity contribution in [2.45, 2.75) is 32.2 Å². The number of aromatic nitrogens is 2. The van der Waals surface area contributed by atoms with Gasteiger partial charge >= 0.3 is 0 Å². The highest BCUT2D eigenvalue weighted by Gasteiger charge is 2.16. The van der Waals surface area contributed by atoms with E-state index in [1.165, 1.54) is 24.8 Å². The van der Waals surface area contributed by atoms with Crippen molar-refractivity contribution < 1.29 is 9.26 Å². The Morgan fingerprint density at radius 3 is 2.46 bits per heavy atom. The van der Waals surface area contributed by atoms with E-state index in [-0.39, 0.29) is 0 Å². The monoisotopic (exact) mass is 356 g/mol. The first-order chi connectivity index (χ1) is 12.9. The zero-order valence-corrected chi connectivity index (χ0v) is 15.4. The number of hydrogen-bond donors (Lipinski definition) is 0. The van der Waals surface area contributed by atoms with E-state index >= 15 is 0 Å². The second kappa shape index (κ2) is 8.75. The van der Waals surface area contributed by atoms with Gasteiger partial charge in [0.1, 0.15) is 0 Å². The van der Waals surface area contributed by atoms with E-state index in [1.807, 2.05) is 0 Å². The summed E-state index contributed by atoms with van der Waals surface area (Å²) < 4.78 is 10.8. The standard InChI is InChI=1S/C20H28N4O2/c1-2-10-24(9-1)16-19-21-20(22-26-19)18-7-5-17(6-8-18)4-3-11-23-12-14-25-15-13-23/h5-8H,1-4,9-16H2. The molecule has 0 aliphatic carbocycles. The maximum Gasteiger partial charge on any atom is 0.241 e. The first kappa shape index (κ1) is 17.6. The molecule has 0 radical (unpaired) electrons. The van der Waals surface area contributed by atoms with Gasteiger partial charge in [0.05, 0.1) is 19.8 Å². The van der Waals surface area contributed by atoms with Crippen molar-refractivity contribution in [1.29, 1.82) is 0 Å². The number of likely N-dealkylation sites (tertiary alicyclic amines) is 1. The normalized spacial score (nSPS) is 19.2. The van der Waals surface area contributed by atoms with Gasteiger partial charge in [0.2, 0.25) is 11.7 Å². The molecular weight excluding hydrogens is 328 g/mol. The molecule has 0 amide bonds. The van der Waals surface area contributed by atoms with Gasteiger partial charge in [0, 0.05) is 18.7 Å². The minimum atomic E-state index is 0.694. The summed E-state index contributed by atoms with van der Waals surface area (Å²) in [4.78, 5) is 9.41. The van der Waals surface area contributed by atoms with Crippen LogP contribution in [-0.2, 0) is 17.7 Å². The lowest BCUT2D eigenvalue weighted by molar-refractivity contribution is 0.0375. The Morgan fingerprint density at radius 1 is 0.923 bits per heavy atom. The molecule has 6 nitrogen and oxygen atoms in total. The summed E-state index contributed by atoms with van der Waals surface area (Å²) in [6.45, 7) is 8.07. The van der Waals surface area contributed by atoms with Crippen LogP contribution in [0.5, 0.6) is 0 Å². The highest BCUT2D eigenvalue weighted by Crippen LogP contribution is 2.19. The van der Waals surface area contributed by atoms with Gasteiger partial charge in [-0.15, -0.1) is 0 Å². The lowest BCUT2D eigenvalue weighted by Gasteiger charge is -2.26. The molecule has 1 aromatic heterocycles. The highest BCUT2D eigenvalue weighted by atomic mass is 16.5. The molecule has 0 unspecified atom stereocenters. The third-order valence-electron chi connectivity index (χ3n) is 5.28. The van der Waals surface area contributed by atoms with E-state index in [2.05, 4.69) is 44.2 Å². The molecular formula is C20H28N4O2.